The summed E-state index contributed by atoms with van der Waals surface area (Å²) < 4.78 is 26.6. The molecule has 0 unspecified atom stereocenters. The molecule has 1 aromatic rings. The molecule has 0 saturated carbocycles. The lowest BCUT2D eigenvalue weighted by atomic mass is 9.98. The minimum absolute atomic E-state index is 0.00564. The number of esters is 3. The number of nitro benzene ring substituents is 1. The molecule has 1 aliphatic heterocycles. The van der Waals surface area contributed by atoms with Gasteiger partial charge in [0.15, 0.2) is 18.0 Å². The monoisotopic (exact) mass is 455 g/mol. The second-order valence-corrected chi connectivity index (χ2v) is 6.67. The molecule has 1 aliphatic rings. The number of nitro groups is 1. The second kappa shape index (κ2) is 10.6. The van der Waals surface area contributed by atoms with Gasteiger partial charge < -0.3 is 28.8 Å². The summed E-state index contributed by atoms with van der Waals surface area (Å²) in [6, 6.07) is 3.33. The number of carbonyl (C=O) groups is 4. The number of nitrogens with zero attached hydrogens (tertiary/aromatic N) is 1. The van der Waals surface area contributed by atoms with E-state index in [-0.39, 0.29) is 11.3 Å². The Balaban J connectivity index is 2.51. The van der Waals surface area contributed by atoms with Crippen molar-refractivity contribution in [3.63, 3.8) is 0 Å². The SMILES string of the molecule is CC(=O)O[C@@H]1[C@@H](OC(C)=O)[C@H](Oc2ccc(C=O)cc2[N+](=O)[O-])O[C@H](CO)[C@H]1OC(C)=O. The van der Waals surface area contributed by atoms with E-state index in [2.05, 4.69) is 0 Å². The predicted molar refractivity (Wildman–Crippen MR) is 102 cm³/mol. The maximum absolute atomic E-state index is 11.7. The van der Waals surface area contributed by atoms with Crippen LogP contribution in [-0.2, 0) is 33.3 Å². The van der Waals surface area contributed by atoms with E-state index >= 15 is 0 Å². The quantitative estimate of drug-likeness (QED) is 0.187. The first-order chi connectivity index (χ1) is 15.1. The van der Waals surface area contributed by atoms with Crippen molar-refractivity contribution in [2.24, 2.45) is 0 Å². The number of ether oxygens (including phenoxy) is 5. The van der Waals surface area contributed by atoms with E-state index in [1.165, 1.54) is 6.07 Å². The molecule has 1 fully saturated rings. The summed E-state index contributed by atoms with van der Waals surface area (Å²) in [5.74, 6) is -2.83. The lowest BCUT2D eigenvalue weighted by Crippen LogP contribution is -2.63. The molecule has 0 bridgehead atoms. The molecule has 1 saturated heterocycles. The first kappa shape index (κ1) is 24.7. The van der Waals surface area contributed by atoms with Gasteiger partial charge in [-0.3, -0.25) is 29.3 Å². The van der Waals surface area contributed by atoms with E-state index in [9.17, 15) is 34.4 Å². The molecule has 1 heterocycles. The van der Waals surface area contributed by atoms with Crippen LogP contribution in [-0.4, -0.2) is 71.5 Å². The van der Waals surface area contributed by atoms with Crippen molar-refractivity contribution in [3.8, 4) is 5.75 Å². The maximum Gasteiger partial charge on any atom is 0.311 e. The Morgan fingerprint density at radius 3 is 2.12 bits per heavy atom. The average Bonchev–Trinajstić information content (AvgIpc) is 2.71. The molecular weight excluding hydrogens is 434 g/mol. The Hall–Kier alpha value is -3.58. The van der Waals surface area contributed by atoms with E-state index < -0.39 is 65.8 Å². The third-order valence-corrected chi connectivity index (χ3v) is 4.24. The summed E-state index contributed by atoms with van der Waals surface area (Å²) in [5, 5.41) is 21.1. The van der Waals surface area contributed by atoms with Crippen molar-refractivity contribution in [3.05, 3.63) is 33.9 Å². The first-order valence-electron chi connectivity index (χ1n) is 9.25. The molecule has 1 aromatic carbocycles. The number of hydrogen-bond donors (Lipinski definition) is 1. The van der Waals surface area contributed by atoms with Gasteiger partial charge in [-0.2, -0.15) is 0 Å². The predicted octanol–water partition coefficient (Wildman–Crippen LogP) is 0.298. The molecular formula is C19H21NO12. The topological polar surface area (TPSA) is 178 Å². The normalized spacial score (nSPS) is 24.7. The smallest absolute Gasteiger partial charge is 0.311 e. The van der Waals surface area contributed by atoms with E-state index in [1.807, 2.05) is 0 Å². The minimum Gasteiger partial charge on any atom is -0.456 e. The number of benzene rings is 1. The standard InChI is InChI=1S/C19H21NO12/c1-9(23)28-16-15(8-22)32-19(18(30-11(3)25)17(16)29-10(2)24)31-14-5-4-12(7-21)6-13(14)20(26)27/h4-7,15-19,22H,8H2,1-3H3/t15-,16-,17+,18-,19-/m1/s1. The Morgan fingerprint density at radius 1 is 1.06 bits per heavy atom. The zero-order chi connectivity index (χ0) is 24.0. The Labute approximate surface area is 181 Å². The highest BCUT2D eigenvalue weighted by Gasteiger charge is 2.53. The van der Waals surface area contributed by atoms with Crippen LogP contribution in [0.1, 0.15) is 31.1 Å². The molecule has 2 rings (SSSR count). The lowest BCUT2D eigenvalue weighted by molar-refractivity contribution is -0.387. The molecule has 174 valence electrons. The van der Waals surface area contributed by atoms with Crippen LogP contribution < -0.4 is 4.74 Å². The van der Waals surface area contributed by atoms with Crippen LogP contribution in [0, 0.1) is 10.1 Å². The summed E-state index contributed by atoms with van der Waals surface area (Å²) in [6.45, 7) is 2.44. The lowest BCUT2D eigenvalue weighted by Gasteiger charge is -2.43. The van der Waals surface area contributed by atoms with Crippen LogP contribution in [0.5, 0.6) is 5.75 Å². The third kappa shape index (κ3) is 5.98. The van der Waals surface area contributed by atoms with E-state index in [1.54, 1.807) is 0 Å². The molecule has 0 aromatic heterocycles. The molecule has 0 spiro atoms. The summed E-state index contributed by atoms with van der Waals surface area (Å²) in [6.07, 6.45) is -6.89. The maximum atomic E-state index is 11.7. The third-order valence-electron chi connectivity index (χ3n) is 4.24. The van der Waals surface area contributed by atoms with Crippen molar-refractivity contribution in [2.75, 3.05) is 6.61 Å². The minimum atomic E-state index is -1.62. The van der Waals surface area contributed by atoms with E-state index in [4.69, 9.17) is 23.7 Å². The van der Waals surface area contributed by atoms with Gasteiger partial charge in [0.05, 0.1) is 11.5 Å². The van der Waals surface area contributed by atoms with Gasteiger partial charge in [0.1, 0.15) is 12.4 Å². The van der Waals surface area contributed by atoms with Gasteiger partial charge in [0.25, 0.3) is 0 Å². The van der Waals surface area contributed by atoms with Gasteiger partial charge in [0, 0.05) is 32.4 Å². The summed E-state index contributed by atoms with van der Waals surface area (Å²) >= 11 is 0. The number of aliphatic hydroxyl groups is 1. The van der Waals surface area contributed by atoms with Crippen LogP contribution in [0.4, 0.5) is 5.69 Å². The van der Waals surface area contributed by atoms with Crippen LogP contribution >= 0.6 is 0 Å². The number of hydrogen-bond acceptors (Lipinski definition) is 12. The van der Waals surface area contributed by atoms with Gasteiger partial charge >= 0.3 is 23.6 Å². The van der Waals surface area contributed by atoms with Crippen LogP contribution in [0.2, 0.25) is 0 Å². The number of aliphatic hydroxyl groups excluding tert-OH is 1. The molecule has 0 aliphatic carbocycles. The molecule has 32 heavy (non-hydrogen) atoms. The van der Waals surface area contributed by atoms with Crippen molar-refractivity contribution < 1.29 is 52.9 Å². The highest BCUT2D eigenvalue weighted by Crippen LogP contribution is 2.34. The second-order valence-electron chi connectivity index (χ2n) is 6.67. The van der Waals surface area contributed by atoms with Crippen LogP contribution in [0.3, 0.4) is 0 Å². The van der Waals surface area contributed by atoms with Crippen molar-refractivity contribution in [1.82, 2.24) is 0 Å². The number of rotatable bonds is 8. The van der Waals surface area contributed by atoms with Crippen LogP contribution in [0.15, 0.2) is 18.2 Å². The average molecular weight is 455 g/mol. The fraction of sp³-hybridized carbons (Fsp3) is 0.474. The first-order valence-corrected chi connectivity index (χ1v) is 9.25. The van der Waals surface area contributed by atoms with E-state index in [0.717, 1.165) is 32.9 Å². The van der Waals surface area contributed by atoms with Crippen LogP contribution in [0.25, 0.3) is 0 Å². The Kier molecular flexibility index (Phi) is 8.21. The van der Waals surface area contributed by atoms with Gasteiger partial charge in [-0.25, -0.2) is 0 Å². The molecule has 13 heteroatoms. The van der Waals surface area contributed by atoms with Crippen molar-refractivity contribution in [1.29, 1.82) is 0 Å². The zero-order valence-electron chi connectivity index (χ0n) is 17.3. The Bertz CT molecular complexity index is 900. The van der Waals surface area contributed by atoms with Gasteiger partial charge in [-0.1, -0.05) is 0 Å². The van der Waals surface area contributed by atoms with E-state index in [0.29, 0.717) is 6.29 Å². The Morgan fingerprint density at radius 2 is 1.62 bits per heavy atom. The largest absolute Gasteiger partial charge is 0.456 e. The summed E-state index contributed by atoms with van der Waals surface area (Å²) in [5.41, 5.74) is -0.586. The van der Waals surface area contributed by atoms with Crippen molar-refractivity contribution >= 4 is 29.9 Å². The highest BCUT2D eigenvalue weighted by atomic mass is 16.7. The van der Waals surface area contributed by atoms with Crippen molar-refractivity contribution in [2.45, 2.75) is 51.5 Å². The van der Waals surface area contributed by atoms with Gasteiger partial charge in [-0.05, 0) is 12.1 Å². The van der Waals surface area contributed by atoms with Gasteiger partial charge in [0.2, 0.25) is 12.4 Å². The molecule has 13 nitrogen and oxygen atoms in total. The molecule has 1 N–H and O–H groups in total. The fourth-order valence-electron chi connectivity index (χ4n) is 3.07. The number of aldehydes is 1. The summed E-state index contributed by atoms with van der Waals surface area (Å²) in [4.78, 5) is 56.5. The highest BCUT2D eigenvalue weighted by molar-refractivity contribution is 5.77. The molecule has 0 radical (unpaired) electrons. The van der Waals surface area contributed by atoms with Gasteiger partial charge in [-0.15, -0.1) is 0 Å². The zero-order valence-corrected chi connectivity index (χ0v) is 17.3. The number of carbonyl (C=O) groups excluding carboxylic acids is 4. The summed E-state index contributed by atoms with van der Waals surface area (Å²) in [7, 11) is 0. The molecule has 0 amide bonds. The molecule has 5 atom stereocenters. The fourth-order valence-corrected chi connectivity index (χ4v) is 3.07.